The Balaban J connectivity index is 1.33. The van der Waals surface area contributed by atoms with Gasteiger partial charge in [0.2, 0.25) is 17.9 Å². The summed E-state index contributed by atoms with van der Waals surface area (Å²) in [6.45, 7) is 0.188. The quantitative estimate of drug-likeness (QED) is 0.447. The van der Waals surface area contributed by atoms with E-state index in [0.717, 1.165) is 11.3 Å². The van der Waals surface area contributed by atoms with Crippen LogP contribution in [0.5, 0.6) is 17.2 Å². The Hall–Kier alpha value is -3.40. The molecule has 1 amide bonds. The second-order valence-electron chi connectivity index (χ2n) is 6.20. The summed E-state index contributed by atoms with van der Waals surface area (Å²) in [6, 6.07) is 12.9. The zero-order chi connectivity index (χ0) is 20.2. The zero-order valence-electron chi connectivity index (χ0n) is 15.6. The average molecular weight is 413 g/mol. The van der Waals surface area contributed by atoms with E-state index in [0.29, 0.717) is 34.6 Å². The maximum atomic E-state index is 12.2. The van der Waals surface area contributed by atoms with Crippen molar-refractivity contribution in [3.05, 3.63) is 53.9 Å². The number of anilines is 1. The summed E-state index contributed by atoms with van der Waals surface area (Å²) in [5.74, 6) is 8.72. The van der Waals surface area contributed by atoms with Crippen LogP contribution in [0, 0.1) is 0 Å². The maximum Gasteiger partial charge on any atom is 0.234 e. The number of fused-ring (bicyclic) bond motifs is 1. The maximum absolute atomic E-state index is 12.2. The Bertz CT molecular complexity index is 1020. The molecule has 0 saturated heterocycles. The number of amides is 1. The van der Waals surface area contributed by atoms with Crippen molar-refractivity contribution < 1.29 is 19.0 Å². The number of thioether (sulfide) groups is 1. The molecule has 0 unspecified atom stereocenters. The highest BCUT2D eigenvalue weighted by molar-refractivity contribution is 7.99. The second kappa shape index (κ2) is 8.31. The number of nitrogen functional groups attached to an aromatic ring is 1. The number of aromatic nitrogens is 3. The van der Waals surface area contributed by atoms with Gasteiger partial charge < -0.3 is 25.4 Å². The van der Waals surface area contributed by atoms with Crippen molar-refractivity contribution in [3.63, 3.8) is 0 Å². The van der Waals surface area contributed by atoms with Gasteiger partial charge in [0.1, 0.15) is 5.75 Å². The zero-order valence-corrected chi connectivity index (χ0v) is 16.4. The minimum Gasteiger partial charge on any atom is -0.497 e. The molecule has 2 heterocycles. The summed E-state index contributed by atoms with van der Waals surface area (Å²) >= 11 is 1.21. The van der Waals surface area contributed by atoms with E-state index in [2.05, 4.69) is 15.5 Å². The molecule has 0 aliphatic carbocycles. The van der Waals surface area contributed by atoms with Gasteiger partial charge in [0.05, 0.1) is 12.9 Å². The molecular weight excluding hydrogens is 394 g/mol. The predicted octanol–water partition coefficient (Wildman–Crippen LogP) is 2.05. The molecule has 0 radical (unpaired) electrons. The number of carbonyl (C=O) groups excluding carboxylic acids is 1. The molecular formula is C19H19N5O4S. The highest BCUT2D eigenvalue weighted by atomic mass is 32.2. The molecule has 3 aromatic rings. The third-order valence-corrected chi connectivity index (χ3v) is 5.19. The van der Waals surface area contributed by atoms with E-state index < -0.39 is 0 Å². The van der Waals surface area contributed by atoms with Crippen molar-refractivity contribution in [1.29, 1.82) is 0 Å². The third-order valence-electron chi connectivity index (χ3n) is 4.25. The topological polar surface area (TPSA) is 114 Å². The highest BCUT2D eigenvalue weighted by Crippen LogP contribution is 2.34. The number of ether oxygens (including phenoxy) is 3. The average Bonchev–Trinajstić information content (AvgIpc) is 3.34. The molecule has 1 aliphatic rings. The van der Waals surface area contributed by atoms with Gasteiger partial charge >= 0.3 is 0 Å². The van der Waals surface area contributed by atoms with Crippen LogP contribution in [0.1, 0.15) is 11.4 Å². The van der Waals surface area contributed by atoms with Gasteiger partial charge in [0, 0.05) is 18.2 Å². The first kappa shape index (κ1) is 18.9. The lowest BCUT2D eigenvalue weighted by Gasteiger charge is -2.07. The molecule has 0 saturated carbocycles. The van der Waals surface area contributed by atoms with Crippen LogP contribution in [-0.4, -0.2) is 40.4 Å². The van der Waals surface area contributed by atoms with Crippen LogP contribution < -0.4 is 25.4 Å². The number of nitrogens with zero attached hydrogens (tertiary/aromatic N) is 3. The molecule has 2 aromatic carbocycles. The van der Waals surface area contributed by atoms with Crippen LogP contribution in [0.4, 0.5) is 5.69 Å². The van der Waals surface area contributed by atoms with E-state index in [4.69, 9.17) is 20.1 Å². The van der Waals surface area contributed by atoms with Gasteiger partial charge in [0.15, 0.2) is 17.3 Å². The fourth-order valence-corrected chi connectivity index (χ4v) is 3.43. The smallest absolute Gasteiger partial charge is 0.234 e. The van der Waals surface area contributed by atoms with Crippen molar-refractivity contribution in [2.24, 2.45) is 0 Å². The van der Waals surface area contributed by atoms with Crippen LogP contribution in [0.25, 0.3) is 0 Å². The molecule has 10 heteroatoms. The third kappa shape index (κ3) is 4.37. The summed E-state index contributed by atoms with van der Waals surface area (Å²) in [5.41, 5.74) is 1.66. The second-order valence-corrected chi connectivity index (χ2v) is 7.14. The van der Waals surface area contributed by atoms with Gasteiger partial charge in [-0.3, -0.25) is 4.79 Å². The Kier molecular flexibility index (Phi) is 5.43. The number of carbonyl (C=O) groups is 1. The molecule has 150 valence electrons. The van der Waals surface area contributed by atoms with Gasteiger partial charge in [-0.25, -0.2) is 4.68 Å². The van der Waals surface area contributed by atoms with Crippen molar-refractivity contribution in [3.8, 4) is 17.2 Å². The van der Waals surface area contributed by atoms with E-state index >= 15 is 0 Å². The molecule has 29 heavy (non-hydrogen) atoms. The summed E-state index contributed by atoms with van der Waals surface area (Å²) in [6.07, 6.45) is 0.525. The van der Waals surface area contributed by atoms with Crippen molar-refractivity contribution >= 4 is 23.4 Å². The molecule has 3 N–H and O–H groups in total. The van der Waals surface area contributed by atoms with Crippen molar-refractivity contribution in [1.82, 2.24) is 14.9 Å². The Labute approximate surface area is 171 Å². The Morgan fingerprint density at radius 2 is 2.00 bits per heavy atom. The van der Waals surface area contributed by atoms with Gasteiger partial charge in [-0.15, -0.1) is 10.2 Å². The highest BCUT2D eigenvalue weighted by Gasteiger charge is 2.16. The first-order valence-electron chi connectivity index (χ1n) is 8.77. The number of hydrogen-bond acceptors (Lipinski definition) is 8. The number of nitrogens with two attached hydrogens (primary N) is 1. The van der Waals surface area contributed by atoms with Crippen LogP contribution in [0.2, 0.25) is 0 Å². The molecule has 0 bridgehead atoms. The van der Waals surface area contributed by atoms with Gasteiger partial charge in [-0.2, -0.15) is 0 Å². The van der Waals surface area contributed by atoms with Crippen LogP contribution in [-0.2, 0) is 11.2 Å². The summed E-state index contributed by atoms with van der Waals surface area (Å²) in [5, 5.41) is 11.5. The molecule has 0 atom stereocenters. The Morgan fingerprint density at radius 1 is 1.21 bits per heavy atom. The molecule has 0 fully saturated rings. The predicted molar refractivity (Wildman–Crippen MR) is 108 cm³/mol. The number of rotatable bonds is 7. The van der Waals surface area contributed by atoms with E-state index in [9.17, 15) is 4.79 Å². The first-order valence-corrected chi connectivity index (χ1v) is 9.75. The van der Waals surface area contributed by atoms with E-state index in [1.54, 1.807) is 25.3 Å². The SMILES string of the molecule is COc1ccc(Cc2nnc(SCC(=O)Nc3ccc4c(c3)OCO4)n2N)cc1. The van der Waals surface area contributed by atoms with Gasteiger partial charge in [0.25, 0.3) is 0 Å². The summed E-state index contributed by atoms with van der Waals surface area (Å²) < 4.78 is 17.1. The molecule has 1 aliphatic heterocycles. The lowest BCUT2D eigenvalue weighted by molar-refractivity contribution is -0.113. The van der Waals surface area contributed by atoms with E-state index in [1.165, 1.54) is 16.4 Å². The number of benzene rings is 2. The monoisotopic (exact) mass is 413 g/mol. The molecule has 4 rings (SSSR count). The van der Waals surface area contributed by atoms with E-state index in [-0.39, 0.29) is 18.5 Å². The molecule has 0 spiro atoms. The summed E-state index contributed by atoms with van der Waals surface area (Å²) in [4.78, 5) is 12.2. The number of nitrogens with one attached hydrogen (secondary N) is 1. The summed E-state index contributed by atoms with van der Waals surface area (Å²) in [7, 11) is 1.62. The molecule has 1 aromatic heterocycles. The van der Waals surface area contributed by atoms with Crippen LogP contribution in [0.15, 0.2) is 47.6 Å². The van der Waals surface area contributed by atoms with Crippen molar-refractivity contribution in [2.75, 3.05) is 30.8 Å². The van der Waals surface area contributed by atoms with Crippen LogP contribution in [0.3, 0.4) is 0 Å². The van der Waals surface area contributed by atoms with Crippen LogP contribution >= 0.6 is 11.8 Å². The fourth-order valence-electron chi connectivity index (χ4n) is 2.75. The molecule has 9 nitrogen and oxygen atoms in total. The van der Waals surface area contributed by atoms with E-state index in [1.807, 2.05) is 24.3 Å². The fraction of sp³-hybridized carbons (Fsp3) is 0.211. The lowest BCUT2D eigenvalue weighted by atomic mass is 10.1. The standard InChI is InChI=1S/C19H19N5O4S/c1-26-14-5-2-12(3-6-14)8-17-22-23-19(24(17)20)29-10-18(25)21-13-4-7-15-16(9-13)28-11-27-15/h2-7,9H,8,10-11,20H2,1H3,(H,21,25). The Morgan fingerprint density at radius 3 is 2.79 bits per heavy atom. The largest absolute Gasteiger partial charge is 0.497 e. The first-order chi connectivity index (χ1) is 14.1. The van der Waals surface area contributed by atoms with Crippen molar-refractivity contribution in [2.45, 2.75) is 11.6 Å². The normalized spacial score (nSPS) is 12.0. The van der Waals surface area contributed by atoms with Gasteiger partial charge in [-0.05, 0) is 29.8 Å². The minimum absolute atomic E-state index is 0.145. The van der Waals surface area contributed by atoms with Gasteiger partial charge in [-0.1, -0.05) is 23.9 Å². The minimum atomic E-state index is -0.187. The number of methoxy groups -OCH3 is 1. The number of hydrogen-bond donors (Lipinski definition) is 2. The lowest BCUT2D eigenvalue weighted by Crippen LogP contribution is -2.17.